The first-order valence-electron chi connectivity index (χ1n) is 5.30. The van der Waals surface area contributed by atoms with Crippen molar-refractivity contribution in [3.05, 3.63) is 0 Å². The van der Waals surface area contributed by atoms with Crippen molar-refractivity contribution in [1.82, 2.24) is 0 Å². The molecule has 0 aliphatic carbocycles. The zero-order valence-electron chi connectivity index (χ0n) is 8.66. The van der Waals surface area contributed by atoms with Gasteiger partial charge in [-0.3, -0.25) is 0 Å². The third-order valence-electron chi connectivity index (χ3n) is 2.54. The Kier molecular flexibility index (Phi) is 4.79. The molecule has 0 bridgehead atoms. The predicted molar refractivity (Wildman–Crippen MR) is 75.9 cm³/mol. The summed E-state index contributed by atoms with van der Waals surface area (Å²) in [5, 5.41) is 0. The summed E-state index contributed by atoms with van der Waals surface area (Å²) in [5.41, 5.74) is 0. The highest BCUT2D eigenvalue weighted by Gasteiger charge is 2.32. The van der Waals surface area contributed by atoms with E-state index in [9.17, 15) is 0 Å². The highest BCUT2D eigenvalue weighted by Crippen LogP contribution is 2.49. The molecule has 2 rings (SSSR count). The minimum Gasteiger partial charge on any atom is -0.148 e. The zero-order valence-corrected chi connectivity index (χ0v) is 11.9. The molecule has 14 heavy (non-hydrogen) atoms. The van der Waals surface area contributed by atoms with E-state index in [1.54, 1.807) is 0 Å². The van der Waals surface area contributed by atoms with Crippen LogP contribution in [0.4, 0.5) is 0 Å². The smallest absolute Gasteiger partial charge is 0.0601 e. The number of hydrogen-bond donors (Lipinski definition) is 0. The Morgan fingerprint density at radius 1 is 1.00 bits per heavy atom. The molecule has 2 fully saturated rings. The quantitative estimate of drug-likeness (QED) is 0.735. The van der Waals surface area contributed by atoms with Gasteiger partial charge in [0.05, 0.1) is 8.66 Å². The van der Waals surface area contributed by atoms with Gasteiger partial charge >= 0.3 is 0 Å². The summed E-state index contributed by atoms with van der Waals surface area (Å²) in [7, 11) is 0. The molecule has 0 radical (unpaired) electrons. The summed E-state index contributed by atoms with van der Waals surface area (Å²) in [5.74, 6) is 5.54. The molecular formula is C10H18S4. The highest BCUT2D eigenvalue weighted by molar-refractivity contribution is 8.19. The minimum absolute atomic E-state index is 0.528. The lowest BCUT2D eigenvalue weighted by Gasteiger charge is -2.36. The molecule has 4 heteroatoms. The molecule has 0 atom stereocenters. The van der Waals surface area contributed by atoms with Crippen LogP contribution in [0.3, 0.4) is 0 Å². The van der Waals surface area contributed by atoms with Crippen molar-refractivity contribution in [3.8, 4) is 0 Å². The molecule has 2 aliphatic rings. The van der Waals surface area contributed by atoms with Crippen molar-refractivity contribution in [2.24, 2.45) is 0 Å². The van der Waals surface area contributed by atoms with Gasteiger partial charge in [-0.15, -0.1) is 47.0 Å². The van der Waals surface area contributed by atoms with Gasteiger partial charge in [-0.1, -0.05) is 0 Å². The van der Waals surface area contributed by atoms with Gasteiger partial charge in [-0.2, -0.15) is 0 Å². The SMILES string of the molecule is CC1(CC2SCCCS2)SCCCS1. The van der Waals surface area contributed by atoms with Gasteiger partial charge in [0.2, 0.25) is 0 Å². The van der Waals surface area contributed by atoms with Crippen LogP contribution in [0.15, 0.2) is 0 Å². The average Bonchev–Trinajstić information content (AvgIpc) is 2.19. The fourth-order valence-electron chi connectivity index (χ4n) is 1.75. The van der Waals surface area contributed by atoms with Crippen LogP contribution in [0.1, 0.15) is 26.2 Å². The van der Waals surface area contributed by atoms with Crippen LogP contribution in [-0.4, -0.2) is 31.7 Å². The molecule has 0 aromatic heterocycles. The van der Waals surface area contributed by atoms with Gasteiger partial charge in [0, 0.05) is 0 Å². The Morgan fingerprint density at radius 2 is 1.57 bits per heavy atom. The van der Waals surface area contributed by atoms with Gasteiger partial charge in [-0.25, -0.2) is 0 Å². The Morgan fingerprint density at radius 3 is 2.21 bits per heavy atom. The molecule has 0 aromatic rings. The first-order chi connectivity index (χ1) is 6.79. The highest BCUT2D eigenvalue weighted by atomic mass is 32.2. The van der Waals surface area contributed by atoms with Gasteiger partial charge < -0.3 is 0 Å². The van der Waals surface area contributed by atoms with E-state index in [1.807, 2.05) is 0 Å². The lowest BCUT2D eigenvalue weighted by molar-refractivity contribution is 0.815. The van der Waals surface area contributed by atoms with Crippen molar-refractivity contribution < 1.29 is 0 Å². The number of hydrogen-bond acceptors (Lipinski definition) is 4. The van der Waals surface area contributed by atoms with Gasteiger partial charge in [0.1, 0.15) is 0 Å². The van der Waals surface area contributed by atoms with Crippen LogP contribution >= 0.6 is 47.0 Å². The van der Waals surface area contributed by atoms with Gasteiger partial charge in [-0.05, 0) is 49.2 Å². The molecule has 2 heterocycles. The molecule has 0 spiro atoms. The third kappa shape index (κ3) is 3.46. The van der Waals surface area contributed by atoms with Crippen LogP contribution in [0.2, 0.25) is 0 Å². The van der Waals surface area contributed by atoms with Crippen molar-refractivity contribution >= 4 is 47.0 Å². The summed E-state index contributed by atoms with van der Waals surface area (Å²) in [6.07, 6.45) is 4.23. The molecule has 2 saturated heterocycles. The number of rotatable bonds is 2. The van der Waals surface area contributed by atoms with Gasteiger partial charge in [0.25, 0.3) is 0 Å². The van der Waals surface area contributed by atoms with Crippen LogP contribution in [0.5, 0.6) is 0 Å². The van der Waals surface area contributed by atoms with E-state index in [4.69, 9.17) is 0 Å². The fraction of sp³-hybridized carbons (Fsp3) is 1.00. The lowest BCUT2D eigenvalue weighted by atomic mass is 10.3. The van der Waals surface area contributed by atoms with Crippen molar-refractivity contribution in [3.63, 3.8) is 0 Å². The summed E-state index contributed by atoms with van der Waals surface area (Å²) in [6.45, 7) is 2.46. The van der Waals surface area contributed by atoms with Crippen LogP contribution < -0.4 is 0 Å². The topological polar surface area (TPSA) is 0 Å². The Balaban J connectivity index is 1.81. The maximum Gasteiger partial charge on any atom is 0.0601 e. The summed E-state index contributed by atoms with van der Waals surface area (Å²) in [4.78, 5) is 0. The van der Waals surface area contributed by atoms with Crippen LogP contribution in [-0.2, 0) is 0 Å². The maximum absolute atomic E-state index is 2.46. The normalized spacial score (nSPS) is 28.9. The largest absolute Gasteiger partial charge is 0.148 e. The predicted octanol–water partition coefficient (Wildman–Crippen LogP) is 4.16. The molecule has 0 amide bonds. The van der Waals surface area contributed by atoms with E-state index < -0.39 is 0 Å². The molecule has 82 valence electrons. The molecule has 0 saturated carbocycles. The van der Waals surface area contributed by atoms with Gasteiger partial charge in [0.15, 0.2) is 0 Å². The second-order valence-corrected chi connectivity index (χ2v) is 10.3. The van der Waals surface area contributed by atoms with Crippen molar-refractivity contribution in [2.75, 3.05) is 23.0 Å². The zero-order chi connectivity index (χ0) is 9.86. The summed E-state index contributed by atoms with van der Waals surface area (Å²) >= 11 is 8.77. The summed E-state index contributed by atoms with van der Waals surface area (Å²) in [6, 6.07) is 0. The molecule has 0 N–H and O–H groups in total. The molecule has 2 aliphatic heterocycles. The average molecular weight is 267 g/mol. The van der Waals surface area contributed by atoms with E-state index in [-0.39, 0.29) is 0 Å². The minimum atomic E-state index is 0.528. The maximum atomic E-state index is 2.46. The second kappa shape index (κ2) is 5.65. The van der Waals surface area contributed by atoms with Crippen LogP contribution in [0.25, 0.3) is 0 Å². The standard InChI is InChI=1S/C10H18S4/c1-10(13-6-3-7-14-10)8-9-11-4-2-5-12-9/h9H,2-8H2,1H3. The molecule has 0 aromatic carbocycles. The van der Waals surface area contributed by atoms with Crippen LogP contribution in [0, 0.1) is 0 Å². The first-order valence-corrected chi connectivity index (χ1v) is 9.36. The Labute approximate surface area is 105 Å². The third-order valence-corrected chi connectivity index (χ3v) is 8.73. The monoisotopic (exact) mass is 266 g/mol. The van der Waals surface area contributed by atoms with Crippen molar-refractivity contribution in [1.29, 1.82) is 0 Å². The van der Waals surface area contributed by atoms with E-state index in [0.717, 1.165) is 4.58 Å². The van der Waals surface area contributed by atoms with E-state index in [2.05, 4.69) is 54.0 Å². The fourth-order valence-corrected chi connectivity index (χ4v) is 8.39. The lowest BCUT2D eigenvalue weighted by Crippen LogP contribution is -2.25. The molecular weight excluding hydrogens is 248 g/mol. The molecule has 0 nitrogen and oxygen atoms in total. The molecule has 0 unspecified atom stereocenters. The second-order valence-electron chi connectivity index (χ2n) is 3.91. The van der Waals surface area contributed by atoms with E-state index >= 15 is 0 Å². The Bertz CT molecular complexity index is 171. The van der Waals surface area contributed by atoms with Crippen molar-refractivity contribution in [2.45, 2.75) is 34.8 Å². The Hall–Kier alpha value is 1.40. The van der Waals surface area contributed by atoms with E-state index in [0.29, 0.717) is 4.08 Å². The van der Waals surface area contributed by atoms with E-state index in [1.165, 1.54) is 42.3 Å². The number of thioether (sulfide) groups is 4. The first kappa shape index (κ1) is 11.9. The summed E-state index contributed by atoms with van der Waals surface area (Å²) < 4.78 is 1.41.